The molecule has 0 radical (unpaired) electrons. The fourth-order valence-electron chi connectivity index (χ4n) is 3.21. The van der Waals surface area contributed by atoms with E-state index in [-0.39, 0.29) is 29.7 Å². The van der Waals surface area contributed by atoms with E-state index in [9.17, 15) is 9.59 Å². The van der Waals surface area contributed by atoms with Crippen molar-refractivity contribution in [1.82, 2.24) is 9.80 Å². The molecule has 2 fully saturated rings. The molecular weight excluding hydrogens is 242 g/mol. The first-order chi connectivity index (χ1) is 8.99. The van der Waals surface area contributed by atoms with E-state index in [1.807, 2.05) is 4.90 Å². The van der Waals surface area contributed by atoms with Gasteiger partial charge in [-0.2, -0.15) is 0 Å². The highest BCUT2D eigenvalue weighted by Gasteiger charge is 2.34. The number of piperidine rings is 1. The van der Waals surface area contributed by atoms with Crippen LogP contribution in [0.15, 0.2) is 0 Å². The Morgan fingerprint density at radius 2 is 1.68 bits per heavy atom. The van der Waals surface area contributed by atoms with Gasteiger partial charge in [0.1, 0.15) is 0 Å². The minimum atomic E-state index is 0.0879. The van der Waals surface area contributed by atoms with Crippen LogP contribution in [0.5, 0.6) is 0 Å². The van der Waals surface area contributed by atoms with Crippen molar-refractivity contribution in [1.29, 1.82) is 0 Å². The van der Waals surface area contributed by atoms with Crippen molar-refractivity contribution in [3.05, 3.63) is 0 Å². The Balaban J connectivity index is 1.83. The third-order valence-corrected chi connectivity index (χ3v) is 4.42. The predicted molar refractivity (Wildman–Crippen MR) is 73.3 cm³/mol. The zero-order chi connectivity index (χ0) is 14.0. The normalized spacial score (nSPS) is 28.5. The smallest absolute Gasteiger partial charge is 0.225 e. The number of hydrogen-bond donors (Lipinski definition) is 1. The molecule has 0 spiro atoms. The van der Waals surface area contributed by atoms with Gasteiger partial charge in [0.05, 0.1) is 0 Å². The van der Waals surface area contributed by atoms with Gasteiger partial charge in [-0.1, -0.05) is 0 Å². The summed E-state index contributed by atoms with van der Waals surface area (Å²) in [6.45, 7) is 1.43. The molecule has 19 heavy (non-hydrogen) atoms. The van der Waals surface area contributed by atoms with Gasteiger partial charge >= 0.3 is 0 Å². The van der Waals surface area contributed by atoms with Crippen LogP contribution in [0.2, 0.25) is 0 Å². The molecule has 2 rings (SSSR count). The van der Waals surface area contributed by atoms with E-state index in [0.29, 0.717) is 0 Å². The Morgan fingerprint density at radius 3 is 2.16 bits per heavy atom. The molecule has 1 saturated carbocycles. The minimum absolute atomic E-state index is 0.0879. The monoisotopic (exact) mass is 267 g/mol. The van der Waals surface area contributed by atoms with Gasteiger partial charge in [-0.05, 0) is 32.1 Å². The summed E-state index contributed by atoms with van der Waals surface area (Å²) < 4.78 is 0. The molecule has 5 nitrogen and oxygen atoms in total. The highest BCUT2D eigenvalue weighted by atomic mass is 16.2. The Kier molecular flexibility index (Phi) is 4.45. The summed E-state index contributed by atoms with van der Waals surface area (Å²) in [7, 11) is 3.58. The zero-order valence-electron chi connectivity index (χ0n) is 12.0. The largest absolute Gasteiger partial charge is 0.349 e. The van der Waals surface area contributed by atoms with Crippen LogP contribution in [0.1, 0.15) is 32.1 Å². The van der Waals surface area contributed by atoms with Gasteiger partial charge < -0.3 is 15.5 Å². The Hall–Kier alpha value is -1.10. The molecule has 0 aromatic carbocycles. The maximum atomic E-state index is 12.3. The van der Waals surface area contributed by atoms with Crippen LogP contribution in [0, 0.1) is 11.8 Å². The van der Waals surface area contributed by atoms with Crippen molar-refractivity contribution < 1.29 is 9.59 Å². The van der Waals surface area contributed by atoms with Crippen LogP contribution in [0.4, 0.5) is 0 Å². The lowest BCUT2D eigenvalue weighted by atomic mass is 9.94. The number of nitrogens with two attached hydrogens (primary N) is 1. The highest BCUT2D eigenvalue weighted by molar-refractivity contribution is 5.81. The maximum absolute atomic E-state index is 12.3. The maximum Gasteiger partial charge on any atom is 0.225 e. The standard InChI is InChI=1S/C14H25N3O2/c1-16(2)13(18)10-5-7-17(8-6-10)14(19)11-3-4-12(15)9-11/h10-12H,3-9,15H2,1-2H3. The molecular formula is C14H25N3O2. The molecule has 2 unspecified atom stereocenters. The second kappa shape index (κ2) is 5.90. The highest BCUT2D eigenvalue weighted by Crippen LogP contribution is 2.28. The lowest BCUT2D eigenvalue weighted by Crippen LogP contribution is -2.44. The molecule has 0 aromatic rings. The number of carbonyl (C=O) groups excluding carboxylic acids is 2. The molecule has 0 aromatic heterocycles. The zero-order valence-corrected chi connectivity index (χ0v) is 12.0. The summed E-state index contributed by atoms with van der Waals surface area (Å²) in [6.07, 6.45) is 4.31. The van der Waals surface area contributed by atoms with Gasteiger partial charge in [-0.3, -0.25) is 9.59 Å². The molecule has 2 atom stereocenters. The number of nitrogens with zero attached hydrogens (tertiary/aromatic N) is 2. The molecule has 1 saturated heterocycles. The fraction of sp³-hybridized carbons (Fsp3) is 0.857. The summed E-state index contributed by atoms with van der Waals surface area (Å²) >= 11 is 0. The quantitative estimate of drug-likeness (QED) is 0.789. The summed E-state index contributed by atoms with van der Waals surface area (Å²) in [4.78, 5) is 27.8. The summed E-state index contributed by atoms with van der Waals surface area (Å²) in [6, 6.07) is 0.196. The van der Waals surface area contributed by atoms with Crippen LogP contribution in [0.25, 0.3) is 0 Å². The van der Waals surface area contributed by atoms with Crippen LogP contribution in [-0.4, -0.2) is 54.8 Å². The third-order valence-electron chi connectivity index (χ3n) is 4.42. The van der Waals surface area contributed by atoms with Crippen molar-refractivity contribution in [2.45, 2.75) is 38.1 Å². The summed E-state index contributed by atoms with van der Waals surface area (Å²) in [5, 5.41) is 0. The fourth-order valence-corrected chi connectivity index (χ4v) is 3.21. The van der Waals surface area contributed by atoms with Crippen molar-refractivity contribution >= 4 is 11.8 Å². The molecule has 2 aliphatic rings. The average molecular weight is 267 g/mol. The van der Waals surface area contributed by atoms with E-state index in [2.05, 4.69) is 0 Å². The van der Waals surface area contributed by atoms with E-state index in [1.165, 1.54) is 0 Å². The van der Waals surface area contributed by atoms with E-state index in [1.54, 1.807) is 19.0 Å². The van der Waals surface area contributed by atoms with Gasteiger partial charge in [0.15, 0.2) is 0 Å². The van der Waals surface area contributed by atoms with Gasteiger partial charge in [-0.15, -0.1) is 0 Å². The third kappa shape index (κ3) is 3.26. The lowest BCUT2D eigenvalue weighted by molar-refractivity contribution is -0.141. The molecule has 108 valence electrons. The summed E-state index contributed by atoms with van der Waals surface area (Å²) in [5.41, 5.74) is 5.87. The van der Waals surface area contributed by atoms with Crippen molar-refractivity contribution in [3.8, 4) is 0 Å². The van der Waals surface area contributed by atoms with Crippen LogP contribution in [-0.2, 0) is 9.59 Å². The lowest BCUT2D eigenvalue weighted by Gasteiger charge is -2.34. The van der Waals surface area contributed by atoms with E-state index < -0.39 is 0 Å². The van der Waals surface area contributed by atoms with Gasteiger partial charge in [0.2, 0.25) is 11.8 Å². The number of hydrogen-bond acceptors (Lipinski definition) is 3. The molecule has 1 aliphatic carbocycles. The molecule has 1 aliphatic heterocycles. The van der Waals surface area contributed by atoms with Crippen LogP contribution < -0.4 is 5.73 Å². The second-order valence-corrected chi connectivity index (χ2v) is 6.10. The Morgan fingerprint density at radius 1 is 1.05 bits per heavy atom. The Bertz CT molecular complexity index is 349. The molecule has 1 heterocycles. The number of carbonyl (C=O) groups is 2. The number of amides is 2. The second-order valence-electron chi connectivity index (χ2n) is 6.10. The van der Waals surface area contributed by atoms with E-state index in [4.69, 9.17) is 5.73 Å². The summed E-state index contributed by atoms with van der Waals surface area (Å²) in [5.74, 6) is 0.652. The van der Waals surface area contributed by atoms with Gasteiger partial charge in [0, 0.05) is 45.1 Å². The Labute approximate surface area is 115 Å². The van der Waals surface area contributed by atoms with Crippen LogP contribution >= 0.6 is 0 Å². The first-order valence-corrected chi connectivity index (χ1v) is 7.24. The SMILES string of the molecule is CN(C)C(=O)C1CCN(C(=O)C2CCC(N)C2)CC1. The molecule has 2 amide bonds. The first kappa shape index (κ1) is 14.3. The average Bonchev–Trinajstić information content (AvgIpc) is 2.84. The van der Waals surface area contributed by atoms with Crippen molar-refractivity contribution in [2.24, 2.45) is 17.6 Å². The van der Waals surface area contributed by atoms with E-state index in [0.717, 1.165) is 45.2 Å². The van der Waals surface area contributed by atoms with Gasteiger partial charge in [-0.25, -0.2) is 0 Å². The number of rotatable bonds is 2. The molecule has 5 heteroatoms. The number of likely N-dealkylation sites (tertiary alicyclic amines) is 1. The van der Waals surface area contributed by atoms with Crippen molar-refractivity contribution in [2.75, 3.05) is 27.2 Å². The molecule has 2 N–H and O–H groups in total. The minimum Gasteiger partial charge on any atom is -0.349 e. The predicted octanol–water partition coefficient (Wildman–Crippen LogP) is 0.441. The van der Waals surface area contributed by atoms with Crippen LogP contribution in [0.3, 0.4) is 0 Å². The first-order valence-electron chi connectivity index (χ1n) is 7.24. The van der Waals surface area contributed by atoms with Gasteiger partial charge in [0.25, 0.3) is 0 Å². The van der Waals surface area contributed by atoms with E-state index >= 15 is 0 Å². The van der Waals surface area contributed by atoms with Crippen molar-refractivity contribution in [3.63, 3.8) is 0 Å². The topological polar surface area (TPSA) is 66.6 Å². The molecule has 0 bridgehead atoms.